The highest BCUT2D eigenvalue weighted by molar-refractivity contribution is 7.92. The molecular weight excluding hydrogens is 402 g/mol. The molecule has 0 aliphatic heterocycles. The zero-order valence-corrected chi connectivity index (χ0v) is 18.0. The van der Waals surface area contributed by atoms with Crippen molar-refractivity contribution in [1.82, 2.24) is 10.2 Å². The summed E-state index contributed by atoms with van der Waals surface area (Å²) >= 11 is 0. The lowest BCUT2D eigenvalue weighted by atomic mass is 10.1. The maximum absolute atomic E-state index is 13.2. The van der Waals surface area contributed by atoms with E-state index in [-0.39, 0.29) is 23.6 Å². The second kappa shape index (κ2) is 9.30. The van der Waals surface area contributed by atoms with Gasteiger partial charge >= 0.3 is 0 Å². The first-order chi connectivity index (χ1) is 14.3. The zero-order chi connectivity index (χ0) is 21.7. The molecule has 2 N–H and O–H groups in total. The van der Waals surface area contributed by atoms with Gasteiger partial charge in [0, 0.05) is 36.4 Å². The molecule has 0 atom stereocenters. The standard InChI is InChI=1S/C22H27N3O4S/c1-3-13-30(28,29)24-19-6-4-5-18(14-19)22(27)25(20-11-12-20)15-16-7-9-17(10-8-16)21(26)23-2/h4-10,14,20,24H,3,11-13,15H2,1-2H3,(H,23,26). The fourth-order valence-corrected chi connectivity index (χ4v) is 4.36. The van der Waals surface area contributed by atoms with Gasteiger partial charge in [0.05, 0.1) is 5.75 Å². The first kappa shape index (κ1) is 21.8. The van der Waals surface area contributed by atoms with Crippen molar-refractivity contribution >= 4 is 27.5 Å². The monoisotopic (exact) mass is 429 g/mol. The molecule has 160 valence electrons. The average molecular weight is 430 g/mol. The van der Waals surface area contributed by atoms with Gasteiger partial charge in [-0.25, -0.2) is 8.42 Å². The van der Waals surface area contributed by atoms with Crippen LogP contribution in [-0.2, 0) is 16.6 Å². The number of hydrogen-bond acceptors (Lipinski definition) is 4. The first-order valence-electron chi connectivity index (χ1n) is 10.1. The van der Waals surface area contributed by atoms with Gasteiger partial charge in [0.2, 0.25) is 10.0 Å². The molecule has 1 aliphatic rings. The van der Waals surface area contributed by atoms with Gasteiger partial charge in [-0.15, -0.1) is 0 Å². The summed E-state index contributed by atoms with van der Waals surface area (Å²) in [5, 5.41) is 2.59. The summed E-state index contributed by atoms with van der Waals surface area (Å²) in [6.07, 6.45) is 2.41. The molecule has 1 aliphatic carbocycles. The fourth-order valence-electron chi connectivity index (χ4n) is 3.24. The lowest BCUT2D eigenvalue weighted by molar-refractivity contribution is 0.0729. The summed E-state index contributed by atoms with van der Waals surface area (Å²) in [4.78, 5) is 26.7. The van der Waals surface area contributed by atoms with Gasteiger partial charge in [-0.1, -0.05) is 25.1 Å². The first-order valence-corrected chi connectivity index (χ1v) is 11.7. The van der Waals surface area contributed by atoms with Crippen molar-refractivity contribution in [3.8, 4) is 0 Å². The van der Waals surface area contributed by atoms with Crippen molar-refractivity contribution in [1.29, 1.82) is 0 Å². The highest BCUT2D eigenvalue weighted by Crippen LogP contribution is 2.30. The van der Waals surface area contributed by atoms with Crippen LogP contribution >= 0.6 is 0 Å². The largest absolute Gasteiger partial charge is 0.355 e. The van der Waals surface area contributed by atoms with Crippen LogP contribution in [0.2, 0.25) is 0 Å². The van der Waals surface area contributed by atoms with Crippen LogP contribution in [0.5, 0.6) is 0 Å². The molecule has 2 aromatic carbocycles. The number of sulfonamides is 1. The van der Waals surface area contributed by atoms with E-state index in [9.17, 15) is 18.0 Å². The van der Waals surface area contributed by atoms with Crippen molar-refractivity contribution in [3.63, 3.8) is 0 Å². The van der Waals surface area contributed by atoms with Gasteiger partial charge in [-0.3, -0.25) is 14.3 Å². The van der Waals surface area contributed by atoms with E-state index in [1.165, 1.54) is 0 Å². The maximum atomic E-state index is 13.2. The number of nitrogens with zero attached hydrogens (tertiary/aromatic N) is 1. The van der Waals surface area contributed by atoms with E-state index < -0.39 is 10.0 Å². The smallest absolute Gasteiger partial charge is 0.254 e. The van der Waals surface area contributed by atoms with Crippen LogP contribution < -0.4 is 10.0 Å². The van der Waals surface area contributed by atoms with Crippen molar-refractivity contribution in [2.75, 3.05) is 17.5 Å². The van der Waals surface area contributed by atoms with Gasteiger partial charge in [0.25, 0.3) is 11.8 Å². The van der Waals surface area contributed by atoms with E-state index in [0.29, 0.717) is 29.8 Å². The number of nitrogens with one attached hydrogen (secondary N) is 2. The molecule has 0 radical (unpaired) electrons. The van der Waals surface area contributed by atoms with Crippen molar-refractivity contribution in [2.24, 2.45) is 0 Å². The number of carbonyl (C=O) groups is 2. The Kier molecular flexibility index (Phi) is 6.77. The topological polar surface area (TPSA) is 95.6 Å². The lowest BCUT2D eigenvalue weighted by Gasteiger charge is -2.23. The van der Waals surface area contributed by atoms with Gasteiger partial charge in [0.1, 0.15) is 0 Å². The van der Waals surface area contributed by atoms with Gasteiger partial charge in [-0.05, 0) is 55.2 Å². The van der Waals surface area contributed by atoms with E-state index in [4.69, 9.17) is 0 Å². The Labute approximate surface area is 177 Å². The molecular formula is C22H27N3O4S. The number of hydrogen-bond donors (Lipinski definition) is 2. The predicted molar refractivity (Wildman–Crippen MR) is 117 cm³/mol. The summed E-state index contributed by atoms with van der Waals surface area (Å²) in [5.74, 6) is -0.255. The van der Waals surface area contributed by atoms with Crippen LogP contribution in [0.15, 0.2) is 48.5 Å². The van der Waals surface area contributed by atoms with Gasteiger partial charge in [0.15, 0.2) is 0 Å². The average Bonchev–Trinajstić information content (AvgIpc) is 3.56. The second-order valence-electron chi connectivity index (χ2n) is 7.44. The molecule has 8 heteroatoms. The number of carbonyl (C=O) groups excluding carboxylic acids is 2. The maximum Gasteiger partial charge on any atom is 0.254 e. The predicted octanol–water partition coefficient (Wildman–Crippen LogP) is 3.00. The van der Waals surface area contributed by atoms with E-state index in [1.54, 1.807) is 50.4 Å². The molecule has 1 saturated carbocycles. The van der Waals surface area contributed by atoms with E-state index >= 15 is 0 Å². The van der Waals surface area contributed by atoms with Crippen molar-refractivity contribution in [2.45, 2.75) is 38.8 Å². The minimum absolute atomic E-state index is 0.0332. The number of amides is 2. The summed E-state index contributed by atoms with van der Waals surface area (Å²) in [5.41, 5.74) is 2.33. The Bertz CT molecular complexity index is 1010. The summed E-state index contributed by atoms with van der Waals surface area (Å²) < 4.78 is 26.6. The highest BCUT2D eigenvalue weighted by atomic mass is 32.2. The quantitative estimate of drug-likeness (QED) is 0.641. The highest BCUT2D eigenvalue weighted by Gasteiger charge is 2.33. The summed E-state index contributed by atoms with van der Waals surface area (Å²) in [6.45, 7) is 2.23. The minimum atomic E-state index is -3.42. The third-order valence-electron chi connectivity index (χ3n) is 4.90. The molecule has 3 rings (SSSR count). The second-order valence-corrected chi connectivity index (χ2v) is 9.28. The van der Waals surface area contributed by atoms with Crippen LogP contribution in [0.3, 0.4) is 0 Å². The Morgan fingerprint density at radius 3 is 2.37 bits per heavy atom. The normalized spacial score (nSPS) is 13.5. The summed E-state index contributed by atoms with van der Waals surface area (Å²) in [7, 11) is -1.84. The molecule has 2 aromatic rings. The van der Waals surface area contributed by atoms with E-state index in [1.807, 2.05) is 17.0 Å². The molecule has 0 spiro atoms. The Hall–Kier alpha value is -2.87. The number of anilines is 1. The van der Waals surface area contributed by atoms with Gasteiger partial charge in [-0.2, -0.15) is 0 Å². The number of rotatable bonds is 9. The van der Waals surface area contributed by atoms with Crippen LogP contribution in [0.25, 0.3) is 0 Å². The van der Waals surface area contributed by atoms with Crippen molar-refractivity contribution < 1.29 is 18.0 Å². The zero-order valence-electron chi connectivity index (χ0n) is 17.2. The Balaban J connectivity index is 1.76. The molecule has 30 heavy (non-hydrogen) atoms. The van der Waals surface area contributed by atoms with Crippen LogP contribution in [-0.4, -0.2) is 44.0 Å². The van der Waals surface area contributed by atoms with E-state index in [0.717, 1.165) is 18.4 Å². The molecule has 7 nitrogen and oxygen atoms in total. The van der Waals surface area contributed by atoms with Crippen LogP contribution in [0, 0.1) is 0 Å². The third-order valence-corrected chi connectivity index (χ3v) is 6.39. The van der Waals surface area contributed by atoms with Crippen LogP contribution in [0.4, 0.5) is 5.69 Å². The molecule has 2 amide bonds. The fraction of sp³-hybridized carbons (Fsp3) is 0.364. The van der Waals surface area contributed by atoms with E-state index in [2.05, 4.69) is 10.0 Å². The number of benzene rings is 2. The lowest BCUT2D eigenvalue weighted by Crippen LogP contribution is -2.32. The molecule has 1 fully saturated rings. The molecule has 0 saturated heterocycles. The SMILES string of the molecule is CCCS(=O)(=O)Nc1cccc(C(=O)N(Cc2ccc(C(=O)NC)cc2)C2CC2)c1. The molecule has 0 unspecified atom stereocenters. The third kappa shape index (κ3) is 5.60. The molecule has 0 aromatic heterocycles. The molecule has 0 bridgehead atoms. The van der Waals surface area contributed by atoms with Crippen molar-refractivity contribution in [3.05, 3.63) is 65.2 Å². The molecule has 0 heterocycles. The minimum Gasteiger partial charge on any atom is -0.355 e. The van der Waals surface area contributed by atoms with Gasteiger partial charge < -0.3 is 10.2 Å². The Morgan fingerprint density at radius 2 is 1.77 bits per heavy atom. The Morgan fingerprint density at radius 1 is 1.07 bits per heavy atom. The van der Waals surface area contributed by atoms with Crippen LogP contribution in [0.1, 0.15) is 52.5 Å². The summed E-state index contributed by atoms with van der Waals surface area (Å²) in [6, 6.07) is 14.0.